The van der Waals surface area contributed by atoms with Gasteiger partial charge in [0.1, 0.15) is 11.5 Å². The molecule has 1 aromatic carbocycles. The molecule has 3 rings (SSSR count). The number of halogens is 5. The number of carbonyl (C=O) groups is 2. The van der Waals surface area contributed by atoms with Crippen molar-refractivity contribution >= 4 is 17.5 Å². The number of rotatable bonds is 6. The second kappa shape index (κ2) is 8.64. The number of carbonyl (C=O) groups excluding carboxylic acids is 2. The first-order valence-electron chi connectivity index (χ1n) is 9.62. The van der Waals surface area contributed by atoms with Gasteiger partial charge >= 0.3 is 0 Å². The van der Waals surface area contributed by atoms with Crippen LogP contribution in [0.5, 0.6) is 0 Å². The fourth-order valence-electron chi connectivity index (χ4n) is 3.74. The Morgan fingerprint density at radius 3 is 2.52 bits per heavy atom. The summed E-state index contributed by atoms with van der Waals surface area (Å²) in [7, 11) is 0. The first-order chi connectivity index (χ1) is 14.5. The summed E-state index contributed by atoms with van der Waals surface area (Å²) in [6.45, 7) is 1.36. The van der Waals surface area contributed by atoms with Gasteiger partial charge in [0, 0.05) is 25.1 Å². The van der Waals surface area contributed by atoms with Crippen molar-refractivity contribution < 1.29 is 31.5 Å². The number of benzene rings is 1. The van der Waals surface area contributed by atoms with E-state index in [0.717, 1.165) is 22.9 Å². The summed E-state index contributed by atoms with van der Waals surface area (Å²) in [6.07, 6.45) is -3.27. The third-order valence-corrected chi connectivity index (χ3v) is 5.36. The van der Waals surface area contributed by atoms with E-state index in [9.17, 15) is 31.5 Å². The number of aromatic nitrogens is 2. The summed E-state index contributed by atoms with van der Waals surface area (Å²) in [5, 5.41) is 6.39. The highest BCUT2D eigenvalue weighted by Crippen LogP contribution is 2.37. The lowest BCUT2D eigenvalue weighted by molar-refractivity contribution is -0.0477. The van der Waals surface area contributed by atoms with Crippen LogP contribution in [0.3, 0.4) is 0 Å². The molecule has 3 N–H and O–H groups in total. The first-order valence-corrected chi connectivity index (χ1v) is 9.62. The van der Waals surface area contributed by atoms with E-state index in [-0.39, 0.29) is 49.5 Å². The normalized spacial score (nSPS) is 16.5. The Hall–Kier alpha value is -2.98. The van der Waals surface area contributed by atoms with Gasteiger partial charge in [-0.15, -0.1) is 0 Å². The molecule has 1 aliphatic carbocycles. The van der Waals surface area contributed by atoms with Gasteiger partial charge in [-0.05, 0) is 43.9 Å². The Balaban J connectivity index is 1.89. The molecular weight excluding hydrogens is 423 g/mol. The maximum Gasteiger partial charge on any atom is 0.274 e. The zero-order chi connectivity index (χ0) is 22.9. The highest BCUT2D eigenvalue weighted by atomic mass is 19.3. The Bertz CT molecular complexity index is 996. The van der Waals surface area contributed by atoms with E-state index in [1.165, 1.54) is 6.92 Å². The monoisotopic (exact) mass is 444 g/mol. The number of aryl methyl sites for hydroxylation is 1. The van der Waals surface area contributed by atoms with Crippen molar-refractivity contribution in [2.75, 3.05) is 5.32 Å². The molecule has 1 heterocycles. The van der Waals surface area contributed by atoms with E-state index >= 15 is 0 Å². The molecule has 168 valence electrons. The number of amides is 2. The highest BCUT2D eigenvalue weighted by Gasteiger charge is 2.36. The lowest BCUT2D eigenvalue weighted by atomic mass is 9.87. The molecule has 1 aliphatic rings. The third-order valence-electron chi connectivity index (χ3n) is 5.36. The van der Waals surface area contributed by atoms with E-state index in [0.29, 0.717) is 0 Å². The van der Waals surface area contributed by atoms with Crippen LogP contribution in [-0.4, -0.2) is 27.5 Å². The van der Waals surface area contributed by atoms with E-state index in [1.807, 2.05) is 0 Å². The maximum absolute atomic E-state index is 13.7. The number of anilines is 1. The van der Waals surface area contributed by atoms with Crippen molar-refractivity contribution in [2.45, 2.75) is 51.5 Å². The zero-order valence-corrected chi connectivity index (χ0v) is 16.6. The third kappa shape index (κ3) is 5.02. The number of nitrogens with two attached hydrogens (primary N) is 1. The van der Waals surface area contributed by atoms with Gasteiger partial charge in [-0.1, -0.05) is 0 Å². The number of nitrogens with zero attached hydrogens (tertiary/aromatic N) is 2. The molecule has 2 aromatic rings. The van der Waals surface area contributed by atoms with Gasteiger partial charge in [-0.2, -0.15) is 5.10 Å². The summed E-state index contributed by atoms with van der Waals surface area (Å²) in [6, 6.07) is 3.06. The van der Waals surface area contributed by atoms with Crippen LogP contribution in [0.25, 0.3) is 0 Å². The molecule has 0 spiro atoms. The molecule has 0 radical (unpaired) electrons. The minimum absolute atomic E-state index is 0.0249. The molecule has 31 heavy (non-hydrogen) atoms. The van der Waals surface area contributed by atoms with Gasteiger partial charge in [0.25, 0.3) is 18.2 Å². The predicted molar refractivity (Wildman–Crippen MR) is 102 cm³/mol. The number of hydrogen-bond donors (Lipinski definition) is 2. The highest BCUT2D eigenvalue weighted by molar-refractivity contribution is 6.05. The maximum atomic E-state index is 13.7. The Kier molecular flexibility index (Phi) is 6.33. The summed E-state index contributed by atoms with van der Waals surface area (Å²) >= 11 is 0. The smallest absolute Gasteiger partial charge is 0.274 e. The fraction of sp³-hybridized carbons (Fsp3) is 0.450. The summed E-state index contributed by atoms with van der Waals surface area (Å²) in [4.78, 5) is 24.1. The lowest BCUT2D eigenvalue weighted by Crippen LogP contribution is -2.28. The second-order valence-corrected chi connectivity index (χ2v) is 7.64. The second-order valence-electron chi connectivity index (χ2n) is 7.64. The number of nitrogens with one attached hydrogen (secondary N) is 1. The SMILES string of the molecule is Cc1nn(CC2CCC(F)(F)CC2)c(C(=O)Nc2ccc(F)c(C(N)=O)c2)c1C(F)F. The quantitative estimate of drug-likeness (QED) is 0.646. The van der Waals surface area contributed by atoms with Crippen LogP contribution in [-0.2, 0) is 6.54 Å². The minimum atomic E-state index is -3.00. The number of hydrogen-bond acceptors (Lipinski definition) is 3. The van der Waals surface area contributed by atoms with E-state index < -0.39 is 46.8 Å². The molecule has 2 amide bonds. The molecule has 0 saturated heterocycles. The van der Waals surface area contributed by atoms with E-state index in [2.05, 4.69) is 10.4 Å². The van der Waals surface area contributed by atoms with Gasteiger partial charge in [-0.3, -0.25) is 14.3 Å². The fourth-order valence-corrected chi connectivity index (χ4v) is 3.74. The van der Waals surface area contributed by atoms with Gasteiger partial charge in [-0.25, -0.2) is 22.0 Å². The molecule has 11 heteroatoms. The van der Waals surface area contributed by atoms with E-state index in [4.69, 9.17) is 5.73 Å². The van der Waals surface area contributed by atoms with Crippen LogP contribution in [0.1, 0.15) is 64.2 Å². The molecule has 0 bridgehead atoms. The lowest BCUT2D eigenvalue weighted by Gasteiger charge is -2.28. The average molecular weight is 444 g/mol. The van der Waals surface area contributed by atoms with Crippen molar-refractivity contribution in [1.29, 1.82) is 0 Å². The van der Waals surface area contributed by atoms with Crippen molar-refractivity contribution in [3.63, 3.8) is 0 Å². The zero-order valence-electron chi connectivity index (χ0n) is 16.6. The molecule has 0 aliphatic heterocycles. The van der Waals surface area contributed by atoms with E-state index in [1.54, 1.807) is 0 Å². The van der Waals surface area contributed by atoms with Crippen molar-refractivity contribution in [1.82, 2.24) is 9.78 Å². The summed E-state index contributed by atoms with van der Waals surface area (Å²) in [5.41, 5.74) is 3.55. The van der Waals surface area contributed by atoms with Crippen molar-refractivity contribution in [3.8, 4) is 0 Å². The van der Waals surface area contributed by atoms with Gasteiger partial charge in [0.15, 0.2) is 0 Å². The van der Waals surface area contributed by atoms with Crippen molar-refractivity contribution in [2.24, 2.45) is 11.7 Å². The van der Waals surface area contributed by atoms with Crippen LogP contribution in [0.4, 0.5) is 27.6 Å². The van der Waals surface area contributed by atoms with Gasteiger partial charge in [0.05, 0.1) is 16.8 Å². The Labute approximate surface area is 174 Å². The molecule has 1 aromatic heterocycles. The molecule has 0 unspecified atom stereocenters. The molecule has 6 nitrogen and oxygen atoms in total. The number of alkyl halides is 4. The van der Waals surface area contributed by atoms with Crippen LogP contribution >= 0.6 is 0 Å². The molecule has 1 fully saturated rings. The first kappa shape index (κ1) is 22.7. The van der Waals surface area contributed by atoms with Crippen LogP contribution in [0.2, 0.25) is 0 Å². The van der Waals surface area contributed by atoms with Crippen LogP contribution in [0.15, 0.2) is 18.2 Å². The Morgan fingerprint density at radius 2 is 1.94 bits per heavy atom. The summed E-state index contributed by atoms with van der Waals surface area (Å²) < 4.78 is 68.9. The standard InChI is InChI=1S/C20H21F5N4O2/c1-10-15(17(22)23)16(29(28-10)9-11-4-6-20(24,25)7-5-11)19(31)27-12-2-3-14(21)13(8-12)18(26)30/h2-3,8,11,17H,4-7,9H2,1H3,(H2,26,30)(H,27,31). The minimum Gasteiger partial charge on any atom is -0.366 e. The van der Waals surface area contributed by atoms with Crippen molar-refractivity contribution in [3.05, 3.63) is 46.5 Å². The van der Waals surface area contributed by atoms with Crippen LogP contribution < -0.4 is 11.1 Å². The largest absolute Gasteiger partial charge is 0.366 e. The Morgan fingerprint density at radius 1 is 1.29 bits per heavy atom. The number of primary amides is 1. The van der Waals surface area contributed by atoms with Crippen LogP contribution in [0, 0.1) is 18.7 Å². The molecule has 0 atom stereocenters. The molecular formula is C20H21F5N4O2. The summed E-state index contributed by atoms with van der Waals surface area (Å²) in [5.74, 6) is -5.89. The predicted octanol–water partition coefficient (Wildman–Crippen LogP) is 4.44. The average Bonchev–Trinajstić information content (AvgIpc) is 3.01. The van der Waals surface area contributed by atoms with Gasteiger partial charge in [0.2, 0.25) is 5.92 Å². The topological polar surface area (TPSA) is 90.0 Å². The molecule has 1 saturated carbocycles. The van der Waals surface area contributed by atoms with Gasteiger partial charge < -0.3 is 11.1 Å².